The minimum atomic E-state index is -0.837. The molecule has 312 valence electrons. The number of fused-ring (bicyclic) bond motifs is 1. The first-order valence-corrected chi connectivity index (χ1v) is 20.2. The second kappa shape index (κ2) is 20.1. The highest BCUT2D eigenvalue weighted by Gasteiger charge is 2.34. The van der Waals surface area contributed by atoms with E-state index in [4.69, 9.17) is 4.74 Å². The van der Waals surface area contributed by atoms with Crippen LogP contribution in [0, 0.1) is 0 Å². The lowest BCUT2D eigenvalue weighted by molar-refractivity contribution is -0.137. The number of methoxy groups -OCH3 is 2. The molecule has 14 nitrogen and oxygen atoms in total. The molecule has 2 heterocycles. The van der Waals surface area contributed by atoms with Crippen molar-refractivity contribution in [2.75, 3.05) is 40.4 Å². The molecule has 3 N–H and O–H groups in total. The first-order chi connectivity index (χ1) is 29.2. The summed E-state index contributed by atoms with van der Waals surface area (Å²) in [4.78, 5) is 71.9. The largest absolute Gasteiger partial charge is 0.453 e. The zero-order chi connectivity index (χ0) is 42.6. The molecular formula is C46H52N8O6. The maximum absolute atomic E-state index is 14.2. The first-order valence-electron chi connectivity index (χ1n) is 20.2. The molecule has 2 aromatic heterocycles. The monoisotopic (exact) mass is 812 g/mol. The molecule has 0 radical (unpaired) electrons. The van der Waals surface area contributed by atoms with Gasteiger partial charge in [-0.15, -0.1) is 0 Å². The van der Waals surface area contributed by atoms with Crippen molar-refractivity contribution in [1.82, 2.24) is 40.0 Å². The van der Waals surface area contributed by atoms with Crippen LogP contribution < -0.4 is 5.32 Å². The van der Waals surface area contributed by atoms with E-state index in [0.717, 1.165) is 57.3 Å². The second-order valence-electron chi connectivity index (χ2n) is 14.3. The summed E-state index contributed by atoms with van der Waals surface area (Å²) < 4.78 is 9.63. The number of carbonyl (C=O) groups excluding carboxylic acids is 4. The standard InChI is InChI=1S/C46H52N8O6/c1-6-22-52(42(55)28-49-45(57)59-4)29-40-48-27-39(51-40)37-21-20-35-24-34(18-19-36(35)25-37)31-14-16-32(17-15-31)38-26-47-41(50-38)30-53(23-7-2)44(56)43(33-12-10-9-11-13-33)54(8-3)46(58)60-5/h9-21,24-27,43H,6-8,22-23,28-30H2,1-5H3,(H,47,50)(H,48,51)(H,49,57)/t43-/m1/s1. The maximum atomic E-state index is 14.2. The van der Waals surface area contributed by atoms with Gasteiger partial charge in [-0.05, 0) is 64.9 Å². The van der Waals surface area contributed by atoms with Crippen LogP contribution in [0.5, 0.6) is 0 Å². The van der Waals surface area contributed by atoms with Gasteiger partial charge in [0.15, 0.2) is 0 Å². The Morgan fingerprint density at radius 1 is 0.667 bits per heavy atom. The van der Waals surface area contributed by atoms with Gasteiger partial charge in [-0.25, -0.2) is 19.6 Å². The Labute approximate surface area is 349 Å². The van der Waals surface area contributed by atoms with Crippen molar-refractivity contribution < 1.29 is 28.7 Å². The van der Waals surface area contributed by atoms with Crippen molar-refractivity contribution in [2.24, 2.45) is 0 Å². The normalized spacial score (nSPS) is 11.5. The van der Waals surface area contributed by atoms with Gasteiger partial charge in [0.05, 0.1) is 51.1 Å². The zero-order valence-electron chi connectivity index (χ0n) is 34.7. The Morgan fingerprint density at radius 3 is 1.82 bits per heavy atom. The van der Waals surface area contributed by atoms with E-state index in [9.17, 15) is 19.2 Å². The quantitative estimate of drug-likeness (QED) is 0.0835. The summed E-state index contributed by atoms with van der Waals surface area (Å²) in [6, 6.07) is 29.4. The third-order valence-electron chi connectivity index (χ3n) is 10.3. The van der Waals surface area contributed by atoms with Crippen LogP contribution in [0.4, 0.5) is 9.59 Å². The molecule has 0 bridgehead atoms. The number of alkyl carbamates (subject to hydrolysis) is 1. The summed E-state index contributed by atoms with van der Waals surface area (Å²) in [6.45, 7) is 7.55. The third-order valence-corrected chi connectivity index (χ3v) is 10.3. The number of rotatable bonds is 17. The Morgan fingerprint density at radius 2 is 1.22 bits per heavy atom. The lowest BCUT2D eigenvalue weighted by Crippen LogP contribution is -2.45. The van der Waals surface area contributed by atoms with Crippen LogP contribution in [0.2, 0.25) is 0 Å². The van der Waals surface area contributed by atoms with Crippen LogP contribution in [0.25, 0.3) is 44.4 Å². The minimum absolute atomic E-state index is 0.151. The predicted molar refractivity (Wildman–Crippen MR) is 230 cm³/mol. The summed E-state index contributed by atoms with van der Waals surface area (Å²) >= 11 is 0. The number of likely N-dealkylation sites (N-methyl/N-ethyl adjacent to an activating group) is 1. The van der Waals surface area contributed by atoms with Crippen LogP contribution in [0.3, 0.4) is 0 Å². The minimum Gasteiger partial charge on any atom is -0.453 e. The molecular weight excluding hydrogens is 761 g/mol. The number of hydrogen-bond acceptors (Lipinski definition) is 8. The number of aromatic nitrogens is 4. The molecule has 0 spiro atoms. The molecule has 4 amide bonds. The van der Waals surface area contributed by atoms with E-state index in [1.54, 1.807) is 22.2 Å². The van der Waals surface area contributed by atoms with E-state index >= 15 is 0 Å². The summed E-state index contributed by atoms with van der Waals surface area (Å²) in [5.74, 6) is 0.869. The molecule has 0 aliphatic rings. The van der Waals surface area contributed by atoms with Crippen LogP contribution in [0.1, 0.15) is 56.9 Å². The number of nitrogens with zero attached hydrogens (tertiary/aromatic N) is 5. The number of benzene rings is 4. The van der Waals surface area contributed by atoms with E-state index in [2.05, 4.69) is 84.6 Å². The second-order valence-corrected chi connectivity index (χ2v) is 14.3. The van der Waals surface area contributed by atoms with Crippen molar-refractivity contribution in [2.45, 2.75) is 52.7 Å². The van der Waals surface area contributed by atoms with Gasteiger partial charge in [0.2, 0.25) is 5.91 Å². The SMILES string of the molecule is CCCN(Cc1ncc(-c2ccc3cc(-c4ccc(-c5cnc(CN(CCC)C(=O)[C@@H](c6ccccc6)N(CC)C(=O)OC)[nH]5)cc4)ccc3c2)[nH]1)C(=O)CNC(=O)OC. The molecule has 0 aliphatic carbocycles. The Kier molecular flexibility index (Phi) is 14.3. The number of imidazole rings is 2. The molecule has 0 saturated heterocycles. The molecule has 0 fully saturated rings. The fourth-order valence-electron chi connectivity index (χ4n) is 7.20. The fourth-order valence-corrected chi connectivity index (χ4v) is 7.20. The molecule has 1 atom stereocenters. The average molecular weight is 813 g/mol. The van der Waals surface area contributed by atoms with Crippen molar-refractivity contribution in [3.05, 3.63) is 121 Å². The van der Waals surface area contributed by atoms with Crippen LogP contribution in [-0.4, -0.2) is 99.0 Å². The van der Waals surface area contributed by atoms with Gasteiger partial charge >= 0.3 is 12.2 Å². The number of amides is 4. The highest BCUT2D eigenvalue weighted by Crippen LogP contribution is 2.30. The van der Waals surface area contributed by atoms with Gasteiger partial charge in [0, 0.05) is 25.2 Å². The Bertz CT molecular complexity index is 2390. The lowest BCUT2D eigenvalue weighted by Gasteiger charge is -2.33. The van der Waals surface area contributed by atoms with Crippen molar-refractivity contribution in [3.63, 3.8) is 0 Å². The van der Waals surface area contributed by atoms with Crippen molar-refractivity contribution in [1.29, 1.82) is 0 Å². The van der Waals surface area contributed by atoms with Crippen LogP contribution in [0.15, 0.2) is 103 Å². The van der Waals surface area contributed by atoms with Gasteiger partial charge < -0.3 is 34.6 Å². The number of ether oxygens (including phenoxy) is 2. The third kappa shape index (κ3) is 10.2. The number of nitrogens with one attached hydrogen (secondary N) is 3. The maximum Gasteiger partial charge on any atom is 0.410 e. The average Bonchev–Trinajstić information content (AvgIpc) is 3.96. The fraction of sp³-hybridized carbons (Fsp3) is 0.304. The van der Waals surface area contributed by atoms with Gasteiger partial charge in [0.1, 0.15) is 24.2 Å². The van der Waals surface area contributed by atoms with Crippen molar-refractivity contribution in [3.8, 4) is 33.6 Å². The smallest absolute Gasteiger partial charge is 0.410 e. The first kappa shape index (κ1) is 42.6. The lowest BCUT2D eigenvalue weighted by atomic mass is 9.98. The Balaban J connectivity index is 1.13. The molecule has 0 aliphatic heterocycles. The van der Waals surface area contributed by atoms with E-state index in [-0.39, 0.29) is 24.9 Å². The molecule has 0 unspecified atom stereocenters. The summed E-state index contributed by atoms with van der Waals surface area (Å²) in [5.41, 5.74) is 6.46. The van der Waals surface area contributed by atoms with Gasteiger partial charge in [-0.1, -0.05) is 92.7 Å². The van der Waals surface area contributed by atoms with Crippen LogP contribution in [-0.2, 0) is 32.2 Å². The van der Waals surface area contributed by atoms with Gasteiger partial charge in [-0.2, -0.15) is 0 Å². The van der Waals surface area contributed by atoms with Gasteiger partial charge in [-0.3, -0.25) is 14.5 Å². The molecule has 14 heteroatoms. The highest BCUT2D eigenvalue weighted by atomic mass is 16.5. The molecule has 4 aromatic carbocycles. The molecule has 6 rings (SSSR count). The topological polar surface area (TPSA) is 166 Å². The van der Waals surface area contributed by atoms with Gasteiger partial charge in [0.25, 0.3) is 5.91 Å². The number of carbonyl (C=O) groups is 4. The number of aromatic amines is 2. The predicted octanol–water partition coefficient (Wildman–Crippen LogP) is 7.95. The Hall–Kier alpha value is -6.96. The van der Waals surface area contributed by atoms with E-state index in [1.807, 2.05) is 57.2 Å². The molecule has 60 heavy (non-hydrogen) atoms. The highest BCUT2D eigenvalue weighted by molar-refractivity contribution is 5.91. The summed E-state index contributed by atoms with van der Waals surface area (Å²) in [6.07, 6.45) is 3.83. The van der Waals surface area contributed by atoms with Crippen LogP contribution >= 0.6 is 0 Å². The van der Waals surface area contributed by atoms with E-state index in [1.165, 1.54) is 19.1 Å². The van der Waals surface area contributed by atoms with E-state index < -0.39 is 18.2 Å². The van der Waals surface area contributed by atoms with E-state index in [0.29, 0.717) is 43.4 Å². The summed E-state index contributed by atoms with van der Waals surface area (Å²) in [5, 5.41) is 4.61. The number of H-pyrrole nitrogens is 2. The summed E-state index contributed by atoms with van der Waals surface area (Å²) in [7, 11) is 2.58. The zero-order valence-corrected chi connectivity index (χ0v) is 34.7. The molecule has 0 saturated carbocycles. The van der Waals surface area contributed by atoms with Crippen molar-refractivity contribution >= 4 is 34.8 Å². The number of hydrogen-bond donors (Lipinski definition) is 3. The molecule has 6 aromatic rings.